The molecule has 0 spiro atoms. The molecule has 1 heterocycles. The lowest BCUT2D eigenvalue weighted by atomic mass is 9.86. The topological polar surface area (TPSA) is 38.8 Å². The molecule has 0 aromatic heterocycles. The van der Waals surface area contributed by atoms with Crippen molar-refractivity contribution in [1.29, 1.82) is 0 Å². The van der Waals surface area contributed by atoms with Gasteiger partial charge in [-0.15, -0.1) is 0 Å². The van der Waals surface area contributed by atoms with E-state index >= 15 is 0 Å². The maximum absolute atomic E-state index is 12.7. The van der Waals surface area contributed by atoms with Crippen LogP contribution in [0, 0.1) is 5.92 Å². The van der Waals surface area contributed by atoms with Crippen LogP contribution in [0.4, 0.5) is 0 Å². The van der Waals surface area contributed by atoms with Crippen LogP contribution in [0.5, 0.6) is 11.5 Å². The maximum atomic E-state index is 12.7. The van der Waals surface area contributed by atoms with Gasteiger partial charge in [-0.05, 0) is 43.7 Å². The summed E-state index contributed by atoms with van der Waals surface area (Å²) in [6.07, 6.45) is 4.51. The van der Waals surface area contributed by atoms with Crippen LogP contribution in [0.15, 0.2) is 12.1 Å². The quantitative estimate of drug-likeness (QED) is 0.831. The van der Waals surface area contributed by atoms with E-state index in [9.17, 15) is 4.79 Å². The van der Waals surface area contributed by atoms with E-state index in [1.54, 1.807) is 12.1 Å². The Bertz CT molecular complexity index is 567. The van der Waals surface area contributed by atoms with Crippen LogP contribution in [0.2, 0.25) is 5.02 Å². The number of carbonyl (C=O) groups is 1. The number of hydrogen-bond acceptors (Lipinski definition) is 3. The van der Waals surface area contributed by atoms with Crippen molar-refractivity contribution in [2.75, 3.05) is 20.3 Å². The third-order valence-corrected chi connectivity index (χ3v) is 4.98. The van der Waals surface area contributed by atoms with E-state index in [0.29, 0.717) is 41.3 Å². The van der Waals surface area contributed by atoms with E-state index in [2.05, 4.69) is 6.92 Å². The Hall–Kier alpha value is -1.42. The van der Waals surface area contributed by atoms with E-state index in [0.717, 1.165) is 18.8 Å². The number of hydrogen-bond donors (Lipinski definition) is 0. The van der Waals surface area contributed by atoms with Gasteiger partial charge in [0.05, 0.1) is 5.02 Å². The first kappa shape index (κ1) is 15.5. The van der Waals surface area contributed by atoms with Crippen LogP contribution in [0.25, 0.3) is 0 Å². The summed E-state index contributed by atoms with van der Waals surface area (Å²) in [7, 11) is 1.88. The fourth-order valence-electron chi connectivity index (χ4n) is 3.23. The highest BCUT2D eigenvalue weighted by Crippen LogP contribution is 2.39. The molecule has 0 saturated heterocycles. The second-order valence-corrected chi connectivity index (χ2v) is 6.72. The molecule has 0 bridgehead atoms. The van der Waals surface area contributed by atoms with Gasteiger partial charge in [0.1, 0.15) is 13.2 Å². The standard InChI is InChI=1S/C17H22ClNO3/c1-11-3-5-13(6-4-11)19(2)17(20)12-9-14(18)16-15(10-12)21-7-8-22-16/h9-11,13H,3-8H2,1-2H3. The molecule has 1 aliphatic carbocycles. The van der Waals surface area contributed by atoms with Crippen LogP contribution in [0.3, 0.4) is 0 Å². The molecule has 1 aromatic rings. The van der Waals surface area contributed by atoms with Gasteiger partial charge < -0.3 is 14.4 Å². The minimum Gasteiger partial charge on any atom is -0.486 e. The Kier molecular flexibility index (Phi) is 4.48. The highest BCUT2D eigenvalue weighted by molar-refractivity contribution is 6.32. The van der Waals surface area contributed by atoms with Crippen LogP contribution in [-0.4, -0.2) is 37.1 Å². The van der Waals surface area contributed by atoms with Crippen molar-refractivity contribution in [3.8, 4) is 11.5 Å². The predicted octanol–water partition coefficient (Wildman–Crippen LogP) is 3.76. The van der Waals surface area contributed by atoms with Crippen molar-refractivity contribution in [3.05, 3.63) is 22.7 Å². The first-order valence-electron chi connectivity index (χ1n) is 7.92. The number of carbonyl (C=O) groups excluding carboxylic acids is 1. The summed E-state index contributed by atoms with van der Waals surface area (Å²) in [5.41, 5.74) is 0.565. The molecule has 1 saturated carbocycles. The zero-order valence-corrected chi connectivity index (χ0v) is 13.9. The van der Waals surface area contributed by atoms with Crippen molar-refractivity contribution in [2.24, 2.45) is 5.92 Å². The molecule has 0 atom stereocenters. The van der Waals surface area contributed by atoms with Gasteiger partial charge in [0.2, 0.25) is 0 Å². The van der Waals surface area contributed by atoms with Crippen molar-refractivity contribution >= 4 is 17.5 Å². The molecule has 1 aliphatic heterocycles. The summed E-state index contributed by atoms with van der Waals surface area (Å²) in [6.45, 7) is 3.25. The van der Waals surface area contributed by atoms with Gasteiger partial charge >= 0.3 is 0 Å². The first-order valence-corrected chi connectivity index (χ1v) is 8.30. The Morgan fingerprint density at radius 3 is 2.59 bits per heavy atom. The van der Waals surface area contributed by atoms with Gasteiger partial charge in [-0.25, -0.2) is 0 Å². The Morgan fingerprint density at radius 1 is 1.18 bits per heavy atom. The van der Waals surface area contributed by atoms with Crippen molar-refractivity contribution < 1.29 is 14.3 Å². The lowest BCUT2D eigenvalue weighted by Gasteiger charge is -2.33. The molecule has 1 amide bonds. The minimum absolute atomic E-state index is 0.00146. The van der Waals surface area contributed by atoms with E-state index in [1.807, 2.05) is 11.9 Å². The van der Waals surface area contributed by atoms with Crippen LogP contribution < -0.4 is 9.47 Å². The molecule has 0 unspecified atom stereocenters. The zero-order valence-electron chi connectivity index (χ0n) is 13.1. The van der Waals surface area contributed by atoms with E-state index in [4.69, 9.17) is 21.1 Å². The summed E-state index contributed by atoms with van der Waals surface area (Å²) >= 11 is 6.23. The summed E-state index contributed by atoms with van der Waals surface area (Å²) in [4.78, 5) is 14.6. The maximum Gasteiger partial charge on any atom is 0.254 e. The summed E-state index contributed by atoms with van der Waals surface area (Å²) in [6, 6.07) is 3.74. The lowest BCUT2D eigenvalue weighted by Crippen LogP contribution is -2.39. The predicted molar refractivity (Wildman–Crippen MR) is 86.0 cm³/mol. The van der Waals surface area contributed by atoms with Crippen LogP contribution in [0.1, 0.15) is 43.0 Å². The van der Waals surface area contributed by atoms with E-state index in [-0.39, 0.29) is 5.91 Å². The largest absolute Gasteiger partial charge is 0.486 e. The van der Waals surface area contributed by atoms with Crippen molar-refractivity contribution in [2.45, 2.75) is 38.6 Å². The van der Waals surface area contributed by atoms with E-state index in [1.165, 1.54) is 12.8 Å². The molecule has 0 radical (unpaired) electrons. The van der Waals surface area contributed by atoms with Gasteiger partial charge in [0.25, 0.3) is 5.91 Å². The van der Waals surface area contributed by atoms with Gasteiger partial charge in [-0.1, -0.05) is 18.5 Å². The zero-order chi connectivity index (χ0) is 15.7. The normalized spacial score (nSPS) is 24.0. The average Bonchev–Trinajstić information content (AvgIpc) is 2.54. The molecule has 1 aromatic carbocycles. The smallest absolute Gasteiger partial charge is 0.254 e. The third-order valence-electron chi connectivity index (χ3n) is 4.70. The highest BCUT2D eigenvalue weighted by atomic mass is 35.5. The Morgan fingerprint density at radius 2 is 1.86 bits per heavy atom. The molecule has 1 fully saturated rings. The minimum atomic E-state index is -0.00146. The molecular formula is C17H22ClNO3. The molecule has 3 rings (SSSR count). The van der Waals surface area contributed by atoms with Crippen molar-refractivity contribution in [1.82, 2.24) is 4.90 Å². The number of ether oxygens (including phenoxy) is 2. The molecule has 2 aliphatic rings. The summed E-state index contributed by atoms with van der Waals surface area (Å²) in [5, 5.41) is 0.436. The number of nitrogens with zero attached hydrogens (tertiary/aromatic N) is 1. The van der Waals surface area contributed by atoms with Crippen molar-refractivity contribution in [3.63, 3.8) is 0 Å². The monoisotopic (exact) mass is 323 g/mol. The molecular weight excluding hydrogens is 302 g/mol. The molecule has 22 heavy (non-hydrogen) atoms. The third kappa shape index (κ3) is 3.02. The van der Waals surface area contributed by atoms with Crippen LogP contribution in [-0.2, 0) is 0 Å². The second-order valence-electron chi connectivity index (χ2n) is 6.31. The Labute approximate surface area is 136 Å². The highest BCUT2D eigenvalue weighted by Gasteiger charge is 2.27. The van der Waals surface area contributed by atoms with Gasteiger partial charge in [-0.2, -0.15) is 0 Å². The van der Waals surface area contributed by atoms with Gasteiger partial charge in [0.15, 0.2) is 11.5 Å². The molecule has 0 N–H and O–H groups in total. The fourth-order valence-corrected chi connectivity index (χ4v) is 3.50. The second kappa shape index (κ2) is 6.37. The molecule has 4 nitrogen and oxygen atoms in total. The summed E-state index contributed by atoms with van der Waals surface area (Å²) in [5.74, 6) is 1.87. The number of fused-ring (bicyclic) bond motifs is 1. The number of halogens is 1. The van der Waals surface area contributed by atoms with Crippen LogP contribution >= 0.6 is 11.6 Å². The van der Waals surface area contributed by atoms with E-state index < -0.39 is 0 Å². The lowest BCUT2D eigenvalue weighted by molar-refractivity contribution is 0.0678. The average molecular weight is 324 g/mol. The molecule has 5 heteroatoms. The first-order chi connectivity index (χ1) is 10.6. The van der Waals surface area contributed by atoms with Gasteiger partial charge in [0, 0.05) is 18.7 Å². The number of amides is 1. The number of benzene rings is 1. The Balaban J connectivity index is 1.78. The SMILES string of the molecule is CC1CCC(N(C)C(=O)c2cc(Cl)c3c(c2)OCCO3)CC1. The number of rotatable bonds is 2. The summed E-state index contributed by atoms with van der Waals surface area (Å²) < 4.78 is 11.0. The molecule has 120 valence electrons. The van der Waals surface area contributed by atoms with Gasteiger partial charge in [-0.3, -0.25) is 4.79 Å². The fraction of sp³-hybridized carbons (Fsp3) is 0.588.